The fourth-order valence-electron chi connectivity index (χ4n) is 2.13. The summed E-state index contributed by atoms with van der Waals surface area (Å²) in [5.74, 6) is -1.52. The number of nitrogens with zero attached hydrogens (tertiary/aromatic N) is 1. The van der Waals surface area contributed by atoms with Crippen molar-refractivity contribution in [3.05, 3.63) is 29.8 Å². The fraction of sp³-hybridized carbons (Fsp3) is 0.357. The Kier molecular flexibility index (Phi) is 5.07. The first-order valence-electron chi connectivity index (χ1n) is 7.06. The van der Waals surface area contributed by atoms with Gasteiger partial charge in [-0.3, -0.25) is 14.4 Å². The maximum atomic E-state index is 12.2. The third-order valence-corrected chi connectivity index (χ3v) is 3.79. The maximum absolute atomic E-state index is 12.2. The van der Waals surface area contributed by atoms with Crippen LogP contribution >= 0.6 is 0 Å². The molecule has 1 heterocycles. The predicted molar refractivity (Wildman–Crippen MR) is 84.9 cm³/mol. The fourth-order valence-corrected chi connectivity index (χ4v) is 2.70. The van der Waals surface area contributed by atoms with Crippen LogP contribution in [0.4, 0.5) is 10.5 Å². The van der Waals surface area contributed by atoms with E-state index >= 15 is 0 Å². The van der Waals surface area contributed by atoms with Crippen LogP contribution in [0.3, 0.4) is 0 Å². The van der Waals surface area contributed by atoms with E-state index < -0.39 is 34.0 Å². The van der Waals surface area contributed by atoms with Crippen molar-refractivity contribution in [2.45, 2.75) is 13.0 Å². The normalized spacial score (nSPS) is 15.6. The van der Waals surface area contributed by atoms with Crippen LogP contribution in [0, 0.1) is 0 Å². The molecule has 0 aliphatic carbocycles. The molecule has 0 unspecified atom stereocenters. The van der Waals surface area contributed by atoms with E-state index in [1.165, 1.54) is 25.1 Å². The van der Waals surface area contributed by atoms with Crippen molar-refractivity contribution in [1.29, 1.82) is 0 Å². The summed E-state index contributed by atoms with van der Waals surface area (Å²) in [6.07, 6.45) is -0.236. The van der Waals surface area contributed by atoms with Gasteiger partial charge in [0.25, 0.3) is 5.91 Å². The zero-order chi connectivity index (χ0) is 17.9. The number of carbonyl (C=O) groups is 3. The number of rotatable bonds is 5. The number of amides is 3. The molecule has 130 valence electrons. The molecule has 10 heteroatoms. The van der Waals surface area contributed by atoms with Crippen LogP contribution in [-0.2, 0) is 19.6 Å². The van der Waals surface area contributed by atoms with E-state index in [1.54, 1.807) is 6.07 Å². The van der Waals surface area contributed by atoms with Gasteiger partial charge in [0.1, 0.15) is 0 Å². The minimum absolute atomic E-state index is 0.0338. The standard InChI is InChI=1S/C14H17N3O6S/c1-9(12(18)17-8-7-15-14(17)20)23-13(19)10-5-3-4-6-11(10)16-24(2,21)22/h3-6,9,16H,7-8H2,1-2H3,(H,15,20)/t9-/m0/s1. The molecule has 9 nitrogen and oxygen atoms in total. The predicted octanol–water partition coefficient (Wildman–Crippen LogP) is 0.155. The van der Waals surface area contributed by atoms with Gasteiger partial charge in [0.2, 0.25) is 10.0 Å². The van der Waals surface area contributed by atoms with Gasteiger partial charge in [-0.25, -0.2) is 18.0 Å². The van der Waals surface area contributed by atoms with Crippen molar-refractivity contribution >= 4 is 33.6 Å². The molecule has 0 aromatic heterocycles. The summed E-state index contributed by atoms with van der Waals surface area (Å²) in [7, 11) is -3.58. The topological polar surface area (TPSA) is 122 Å². The molecule has 1 aromatic rings. The summed E-state index contributed by atoms with van der Waals surface area (Å²) >= 11 is 0. The second kappa shape index (κ2) is 6.87. The third-order valence-electron chi connectivity index (χ3n) is 3.20. The summed E-state index contributed by atoms with van der Waals surface area (Å²) in [6.45, 7) is 1.89. The molecular formula is C14H17N3O6S. The lowest BCUT2D eigenvalue weighted by Crippen LogP contribution is -2.41. The number of anilines is 1. The largest absolute Gasteiger partial charge is 0.449 e. The van der Waals surface area contributed by atoms with Gasteiger partial charge in [-0.2, -0.15) is 0 Å². The van der Waals surface area contributed by atoms with E-state index in [0.29, 0.717) is 6.54 Å². The van der Waals surface area contributed by atoms with Crippen LogP contribution in [-0.4, -0.2) is 56.7 Å². The Morgan fingerprint density at radius 3 is 2.58 bits per heavy atom. The zero-order valence-electron chi connectivity index (χ0n) is 13.1. The van der Waals surface area contributed by atoms with Crippen LogP contribution in [0.25, 0.3) is 0 Å². The van der Waals surface area contributed by atoms with Gasteiger partial charge in [-0.15, -0.1) is 0 Å². The lowest BCUT2D eigenvalue weighted by atomic mass is 10.2. The molecule has 1 fully saturated rings. The molecule has 1 saturated heterocycles. The first-order valence-corrected chi connectivity index (χ1v) is 8.95. The molecule has 1 aliphatic rings. The van der Waals surface area contributed by atoms with Gasteiger partial charge in [0.05, 0.1) is 17.5 Å². The van der Waals surface area contributed by atoms with Crippen molar-refractivity contribution in [2.24, 2.45) is 0 Å². The summed E-state index contributed by atoms with van der Waals surface area (Å²) in [5, 5.41) is 2.47. The lowest BCUT2D eigenvalue weighted by Gasteiger charge is -2.18. The molecule has 1 atom stereocenters. The van der Waals surface area contributed by atoms with Crippen molar-refractivity contribution in [3.63, 3.8) is 0 Å². The maximum Gasteiger partial charge on any atom is 0.341 e. The SMILES string of the molecule is C[C@H](OC(=O)c1ccccc1NS(C)(=O)=O)C(=O)N1CCNC1=O. The van der Waals surface area contributed by atoms with Gasteiger partial charge in [0, 0.05) is 13.1 Å². The number of esters is 1. The Morgan fingerprint density at radius 2 is 2.00 bits per heavy atom. The monoisotopic (exact) mass is 355 g/mol. The van der Waals surface area contributed by atoms with Crippen molar-refractivity contribution in [2.75, 3.05) is 24.1 Å². The number of hydrogen-bond donors (Lipinski definition) is 2. The highest BCUT2D eigenvalue weighted by Crippen LogP contribution is 2.18. The van der Waals surface area contributed by atoms with E-state index in [4.69, 9.17) is 4.74 Å². The van der Waals surface area contributed by atoms with E-state index in [-0.39, 0.29) is 17.8 Å². The Labute approximate surface area is 139 Å². The molecule has 1 aromatic carbocycles. The zero-order valence-corrected chi connectivity index (χ0v) is 13.9. The smallest absolute Gasteiger partial charge is 0.341 e. The first kappa shape index (κ1) is 17.7. The molecule has 2 N–H and O–H groups in total. The van der Waals surface area contributed by atoms with E-state index in [2.05, 4.69) is 10.0 Å². The van der Waals surface area contributed by atoms with Crippen LogP contribution in [0.2, 0.25) is 0 Å². The van der Waals surface area contributed by atoms with E-state index in [0.717, 1.165) is 11.2 Å². The minimum Gasteiger partial charge on any atom is -0.449 e. The summed E-state index contributed by atoms with van der Waals surface area (Å²) < 4.78 is 30.0. The molecule has 0 radical (unpaired) electrons. The van der Waals surface area contributed by atoms with Crippen LogP contribution < -0.4 is 10.0 Å². The Bertz CT molecular complexity index is 776. The number of para-hydroxylation sites is 1. The number of imide groups is 1. The number of benzene rings is 1. The molecule has 1 aliphatic heterocycles. The molecule has 0 saturated carbocycles. The number of urea groups is 1. The van der Waals surface area contributed by atoms with Gasteiger partial charge >= 0.3 is 12.0 Å². The third kappa shape index (κ3) is 4.22. The number of ether oxygens (including phenoxy) is 1. The number of sulfonamides is 1. The van der Waals surface area contributed by atoms with Gasteiger partial charge < -0.3 is 10.1 Å². The molecule has 0 spiro atoms. The number of hydrogen-bond acceptors (Lipinski definition) is 6. The summed E-state index contributed by atoms with van der Waals surface area (Å²) in [6, 6.07) is 5.31. The van der Waals surface area contributed by atoms with Crippen LogP contribution in [0.5, 0.6) is 0 Å². The van der Waals surface area contributed by atoms with Crippen molar-refractivity contribution < 1.29 is 27.5 Å². The van der Waals surface area contributed by atoms with Gasteiger partial charge in [-0.1, -0.05) is 12.1 Å². The highest BCUT2D eigenvalue weighted by Gasteiger charge is 2.32. The highest BCUT2D eigenvalue weighted by atomic mass is 32.2. The quantitative estimate of drug-likeness (QED) is 0.725. The Morgan fingerprint density at radius 1 is 1.33 bits per heavy atom. The first-order chi connectivity index (χ1) is 11.2. The Hall–Kier alpha value is -2.62. The highest BCUT2D eigenvalue weighted by molar-refractivity contribution is 7.92. The van der Waals surface area contributed by atoms with Gasteiger partial charge in [0.15, 0.2) is 6.10 Å². The summed E-state index contributed by atoms with van der Waals surface area (Å²) in [4.78, 5) is 36.8. The molecular weight excluding hydrogens is 338 g/mol. The minimum atomic E-state index is -3.58. The molecule has 0 bridgehead atoms. The second-order valence-corrected chi connectivity index (χ2v) is 6.94. The van der Waals surface area contributed by atoms with Gasteiger partial charge in [-0.05, 0) is 19.1 Å². The second-order valence-electron chi connectivity index (χ2n) is 5.19. The van der Waals surface area contributed by atoms with Crippen molar-refractivity contribution in [3.8, 4) is 0 Å². The van der Waals surface area contributed by atoms with Crippen LogP contribution in [0.1, 0.15) is 17.3 Å². The van der Waals surface area contributed by atoms with Crippen molar-refractivity contribution in [1.82, 2.24) is 10.2 Å². The van der Waals surface area contributed by atoms with E-state index in [1.807, 2.05) is 0 Å². The number of nitrogens with one attached hydrogen (secondary N) is 2. The van der Waals surface area contributed by atoms with E-state index in [9.17, 15) is 22.8 Å². The lowest BCUT2D eigenvalue weighted by molar-refractivity contribution is -0.136. The van der Waals surface area contributed by atoms with Crippen LogP contribution in [0.15, 0.2) is 24.3 Å². The average molecular weight is 355 g/mol. The molecule has 2 rings (SSSR count). The number of carbonyl (C=O) groups excluding carboxylic acids is 3. The average Bonchev–Trinajstić information content (AvgIpc) is 2.91. The Balaban J connectivity index is 2.12. The summed E-state index contributed by atoms with van der Waals surface area (Å²) in [5.41, 5.74) is 0.0111. The molecule has 24 heavy (non-hydrogen) atoms. The molecule has 3 amide bonds.